The van der Waals surface area contributed by atoms with Crippen LogP contribution in [0.2, 0.25) is 0 Å². The first-order chi connectivity index (χ1) is 10.5. The Morgan fingerprint density at radius 2 is 2.09 bits per heavy atom. The van der Waals surface area contributed by atoms with Gasteiger partial charge in [0.15, 0.2) is 5.17 Å². The van der Waals surface area contributed by atoms with Crippen LogP contribution >= 0.6 is 23.1 Å². The first kappa shape index (κ1) is 15.6. The highest BCUT2D eigenvalue weighted by atomic mass is 32.2. The van der Waals surface area contributed by atoms with E-state index in [-0.39, 0.29) is 17.3 Å². The number of aromatic nitrogens is 1. The van der Waals surface area contributed by atoms with E-state index in [9.17, 15) is 9.59 Å². The summed E-state index contributed by atoms with van der Waals surface area (Å²) in [6.45, 7) is 8.13. The molecule has 0 spiro atoms. The third kappa shape index (κ3) is 3.22. The van der Waals surface area contributed by atoms with Crippen molar-refractivity contribution in [3.63, 3.8) is 0 Å². The highest BCUT2D eigenvalue weighted by Gasteiger charge is 2.26. The summed E-state index contributed by atoms with van der Waals surface area (Å²) >= 11 is 2.96. The standard InChI is InChI=1S/C14H20N4O2S2/c1-10-9-21-14(20)18(10)8-12(19)16-3-5-17(6-4-16)13-15-7-11(2)22-13/h9,11H,3-8H2,1-2H3/t11-/m0/s1. The van der Waals surface area contributed by atoms with Crippen molar-refractivity contribution < 1.29 is 4.79 Å². The van der Waals surface area contributed by atoms with Crippen LogP contribution in [0.4, 0.5) is 0 Å². The van der Waals surface area contributed by atoms with Gasteiger partial charge in [0, 0.05) is 42.5 Å². The van der Waals surface area contributed by atoms with Gasteiger partial charge < -0.3 is 9.80 Å². The fourth-order valence-corrected chi connectivity index (χ4v) is 4.34. The Labute approximate surface area is 137 Å². The lowest BCUT2D eigenvalue weighted by Crippen LogP contribution is -2.51. The average molecular weight is 340 g/mol. The van der Waals surface area contributed by atoms with Crippen molar-refractivity contribution in [2.75, 3.05) is 32.7 Å². The van der Waals surface area contributed by atoms with E-state index in [4.69, 9.17) is 0 Å². The zero-order valence-corrected chi connectivity index (χ0v) is 14.5. The van der Waals surface area contributed by atoms with E-state index in [1.807, 2.05) is 23.6 Å². The Morgan fingerprint density at radius 3 is 2.64 bits per heavy atom. The molecule has 1 aromatic rings. The maximum atomic E-state index is 12.4. The Bertz CT molecular complexity index is 644. The number of carbonyl (C=O) groups is 1. The van der Waals surface area contributed by atoms with Gasteiger partial charge in [-0.05, 0) is 6.92 Å². The molecule has 8 heteroatoms. The van der Waals surface area contributed by atoms with Crippen molar-refractivity contribution in [1.82, 2.24) is 14.4 Å². The van der Waals surface area contributed by atoms with E-state index in [0.29, 0.717) is 18.3 Å². The van der Waals surface area contributed by atoms with E-state index in [2.05, 4.69) is 16.8 Å². The van der Waals surface area contributed by atoms with E-state index in [0.717, 1.165) is 41.8 Å². The lowest BCUT2D eigenvalue weighted by atomic mass is 10.3. The summed E-state index contributed by atoms with van der Waals surface area (Å²) in [6, 6.07) is 0. The van der Waals surface area contributed by atoms with Gasteiger partial charge in [-0.15, -0.1) is 0 Å². The summed E-state index contributed by atoms with van der Waals surface area (Å²) < 4.78 is 1.55. The van der Waals surface area contributed by atoms with Gasteiger partial charge >= 0.3 is 4.87 Å². The molecule has 3 heterocycles. The molecule has 1 saturated heterocycles. The summed E-state index contributed by atoms with van der Waals surface area (Å²) in [5.41, 5.74) is 0.854. The number of rotatable bonds is 2. The second-order valence-electron chi connectivity index (χ2n) is 5.65. The molecule has 3 rings (SSSR count). The van der Waals surface area contributed by atoms with Gasteiger partial charge in [-0.3, -0.25) is 19.1 Å². The van der Waals surface area contributed by atoms with Crippen molar-refractivity contribution in [1.29, 1.82) is 0 Å². The van der Waals surface area contributed by atoms with Gasteiger partial charge in [-0.25, -0.2) is 0 Å². The molecule has 2 aliphatic heterocycles. The van der Waals surface area contributed by atoms with Crippen molar-refractivity contribution >= 4 is 34.2 Å². The number of hydrogen-bond acceptors (Lipinski definition) is 6. The van der Waals surface area contributed by atoms with Crippen LogP contribution in [-0.2, 0) is 11.3 Å². The van der Waals surface area contributed by atoms with Crippen LogP contribution in [0.1, 0.15) is 12.6 Å². The van der Waals surface area contributed by atoms with Crippen molar-refractivity contribution in [2.45, 2.75) is 25.6 Å². The van der Waals surface area contributed by atoms with Crippen LogP contribution in [0.15, 0.2) is 15.2 Å². The van der Waals surface area contributed by atoms with Gasteiger partial charge in [-0.2, -0.15) is 0 Å². The number of piperazine rings is 1. The normalized spacial score (nSPS) is 22.1. The highest BCUT2D eigenvalue weighted by molar-refractivity contribution is 8.14. The molecular weight excluding hydrogens is 320 g/mol. The first-order valence-corrected chi connectivity index (χ1v) is 9.19. The molecule has 0 aromatic carbocycles. The summed E-state index contributed by atoms with van der Waals surface area (Å²) in [5.74, 6) is 0.0256. The third-order valence-corrected chi connectivity index (χ3v) is 5.99. The van der Waals surface area contributed by atoms with Crippen molar-refractivity contribution in [3.05, 3.63) is 20.7 Å². The van der Waals surface area contributed by atoms with Gasteiger partial charge in [0.1, 0.15) is 6.54 Å². The number of nitrogens with zero attached hydrogens (tertiary/aromatic N) is 4. The first-order valence-electron chi connectivity index (χ1n) is 7.43. The molecule has 22 heavy (non-hydrogen) atoms. The number of amidine groups is 1. The number of thiazole rings is 1. The van der Waals surface area contributed by atoms with Gasteiger partial charge in [0.2, 0.25) is 5.91 Å². The average Bonchev–Trinajstić information content (AvgIpc) is 3.08. The Kier molecular flexibility index (Phi) is 4.58. The van der Waals surface area contributed by atoms with Crippen LogP contribution in [0.3, 0.4) is 0 Å². The molecule has 1 amide bonds. The third-order valence-electron chi connectivity index (χ3n) is 3.96. The van der Waals surface area contributed by atoms with Crippen LogP contribution < -0.4 is 4.87 Å². The fourth-order valence-electron chi connectivity index (χ4n) is 2.61. The molecule has 6 nitrogen and oxygen atoms in total. The number of hydrogen-bond donors (Lipinski definition) is 0. The molecule has 0 radical (unpaired) electrons. The number of aryl methyl sites for hydroxylation is 1. The smallest absolute Gasteiger partial charge is 0.307 e. The minimum Gasteiger partial charge on any atom is -0.348 e. The monoisotopic (exact) mass is 340 g/mol. The molecule has 0 saturated carbocycles. The second-order valence-corrected chi connectivity index (χ2v) is 7.87. The Morgan fingerprint density at radius 1 is 1.36 bits per heavy atom. The zero-order valence-electron chi connectivity index (χ0n) is 12.8. The van der Waals surface area contributed by atoms with Crippen LogP contribution in [0.5, 0.6) is 0 Å². The largest absolute Gasteiger partial charge is 0.348 e. The summed E-state index contributed by atoms with van der Waals surface area (Å²) in [5, 5.41) is 3.47. The van der Waals surface area contributed by atoms with Crippen molar-refractivity contribution in [3.8, 4) is 0 Å². The minimum atomic E-state index is -0.0600. The molecule has 1 atom stereocenters. The molecule has 1 fully saturated rings. The van der Waals surface area contributed by atoms with Crippen LogP contribution in [0.25, 0.3) is 0 Å². The molecular formula is C14H20N4O2S2. The lowest BCUT2D eigenvalue weighted by Gasteiger charge is -2.35. The van der Waals surface area contributed by atoms with Crippen LogP contribution in [-0.4, -0.2) is 63.4 Å². The van der Waals surface area contributed by atoms with E-state index >= 15 is 0 Å². The highest BCUT2D eigenvalue weighted by Crippen LogP contribution is 2.23. The SMILES string of the molecule is Cc1csc(=O)n1CC(=O)N1CCN(C2=NC[C@H](C)S2)CC1. The predicted molar refractivity (Wildman–Crippen MR) is 90.8 cm³/mol. The number of aliphatic imine (C=N–C) groups is 1. The molecule has 1 aromatic heterocycles. The van der Waals surface area contributed by atoms with Gasteiger partial charge in [0.25, 0.3) is 0 Å². The second kappa shape index (κ2) is 6.45. The fraction of sp³-hybridized carbons (Fsp3) is 0.643. The molecule has 0 bridgehead atoms. The quantitative estimate of drug-likeness (QED) is 0.801. The maximum absolute atomic E-state index is 12.4. The topological polar surface area (TPSA) is 57.9 Å². The Hall–Kier alpha value is -1.28. The van der Waals surface area contributed by atoms with E-state index < -0.39 is 0 Å². The number of carbonyl (C=O) groups excluding carboxylic acids is 1. The Balaban J connectivity index is 1.55. The van der Waals surface area contributed by atoms with Gasteiger partial charge in [0.05, 0.1) is 6.54 Å². The summed E-state index contributed by atoms with van der Waals surface area (Å²) in [7, 11) is 0. The van der Waals surface area contributed by atoms with Crippen molar-refractivity contribution in [2.24, 2.45) is 4.99 Å². The maximum Gasteiger partial charge on any atom is 0.307 e. The molecule has 0 aliphatic carbocycles. The van der Waals surface area contributed by atoms with Gasteiger partial charge in [-0.1, -0.05) is 30.0 Å². The molecule has 120 valence electrons. The zero-order chi connectivity index (χ0) is 15.7. The molecule has 0 N–H and O–H groups in total. The number of amides is 1. The lowest BCUT2D eigenvalue weighted by molar-refractivity contribution is -0.133. The predicted octanol–water partition coefficient (Wildman–Crippen LogP) is 0.854. The molecule has 0 unspecified atom stereocenters. The van der Waals surface area contributed by atoms with Crippen LogP contribution in [0, 0.1) is 6.92 Å². The minimum absolute atomic E-state index is 0.0256. The summed E-state index contributed by atoms with van der Waals surface area (Å²) in [6.07, 6.45) is 0. The van der Waals surface area contributed by atoms with E-state index in [1.165, 1.54) is 0 Å². The summed E-state index contributed by atoms with van der Waals surface area (Å²) in [4.78, 5) is 32.7. The number of thioether (sulfide) groups is 1. The van der Waals surface area contributed by atoms with E-state index in [1.54, 1.807) is 9.95 Å². The molecule has 2 aliphatic rings.